The third kappa shape index (κ3) is 3.42. The van der Waals surface area contributed by atoms with Crippen LogP contribution < -0.4 is 20.3 Å². The first-order valence-electron chi connectivity index (χ1n) is 7.93. The number of nitrogens with one attached hydrogen (secondary N) is 2. The molecule has 2 aromatic rings. The van der Waals surface area contributed by atoms with Gasteiger partial charge < -0.3 is 14.6 Å². The smallest absolute Gasteiger partial charge is 0.405 e. The number of phenols is 1. The third-order valence-electron chi connectivity index (χ3n) is 4.54. The number of halogens is 3. The van der Waals surface area contributed by atoms with E-state index in [4.69, 9.17) is 9.47 Å². The fourth-order valence-electron chi connectivity index (χ4n) is 3.23. The lowest BCUT2D eigenvalue weighted by Crippen LogP contribution is -2.43. The number of benzene rings is 2. The predicted octanol–water partition coefficient (Wildman–Crippen LogP) is 3.27. The van der Waals surface area contributed by atoms with Crippen molar-refractivity contribution >= 4 is 0 Å². The van der Waals surface area contributed by atoms with Crippen LogP contribution >= 0.6 is 0 Å². The summed E-state index contributed by atoms with van der Waals surface area (Å²) in [6.07, 6.45) is -4.46. The van der Waals surface area contributed by atoms with Gasteiger partial charge in [0.15, 0.2) is 0 Å². The highest BCUT2D eigenvalue weighted by molar-refractivity contribution is 5.44. The second-order valence-corrected chi connectivity index (χ2v) is 6.01. The molecule has 0 aromatic heterocycles. The number of ether oxygens (including phenoxy) is 2. The fraction of sp³-hybridized carbons (Fsp3) is 0.333. The largest absolute Gasteiger partial charge is 0.507 e. The number of hydrogen-bond donors (Lipinski definition) is 3. The highest BCUT2D eigenvalue weighted by Gasteiger charge is 2.52. The average Bonchev–Trinajstić information content (AvgIpc) is 3.06. The van der Waals surface area contributed by atoms with Crippen molar-refractivity contribution < 1.29 is 27.8 Å². The topological polar surface area (TPSA) is 62.8 Å². The van der Waals surface area contributed by atoms with E-state index in [1.807, 2.05) is 0 Å². The zero-order valence-corrected chi connectivity index (χ0v) is 14.2. The molecule has 0 saturated carbocycles. The number of methoxy groups -OCH3 is 2. The summed E-state index contributed by atoms with van der Waals surface area (Å²) in [7, 11) is 2.94. The molecule has 140 valence electrons. The molecule has 1 aliphatic heterocycles. The van der Waals surface area contributed by atoms with Crippen LogP contribution in [0.1, 0.15) is 23.1 Å². The van der Waals surface area contributed by atoms with Gasteiger partial charge in [0.25, 0.3) is 0 Å². The molecule has 1 saturated heterocycles. The van der Waals surface area contributed by atoms with Crippen LogP contribution in [0.25, 0.3) is 0 Å². The van der Waals surface area contributed by atoms with E-state index in [0.29, 0.717) is 22.6 Å². The first-order chi connectivity index (χ1) is 12.3. The third-order valence-corrected chi connectivity index (χ3v) is 4.54. The second-order valence-electron chi connectivity index (χ2n) is 6.01. The van der Waals surface area contributed by atoms with Crippen LogP contribution in [0.4, 0.5) is 13.2 Å². The Kier molecular flexibility index (Phi) is 4.97. The van der Waals surface area contributed by atoms with Crippen molar-refractivity contribution in [2.75, 3.05) is 14.2 Å². The van der Waals surface area contributed by atoms with Gasteiger partial charge in [-0.05, 0) is 23.8 Å². The van der Waals surface area contributed by atoms with Crippen molar-refractivity contribution in [3.8, 4) is 17.2 Å². The molecule has 0 radical (unpaired) electrons. The molecule has 0 amide bonds. The van der Waals surface area contributed by atoms with Gasteiger partial charge in [0.2, 0.25) is 0 Å². The molecule has 3 rings (SSSR count). The molecule has 2 aromatic carbocycles. The Bertz CT molecular complexity index is 765. The molecule has 0 spiro atoms. The van der Waals surface area contributed by atoms with Crippen LogP contribution in [0.15, 0.2) is 42.5 Å². The lowest BCUT2D eigenvalue weighted by atomic mass is 9.83. The molecule has 3 N–H and O–H groups in total. The molecule has 3 unspecified atom stereocenters. The number of hydrazine groups is 1. The van der Waals surface area contributed by atoms with E-state index in [-0.39, 0.29) is 5.75 Å². The molecular weight excluding hydrogens is 349 g/mol. The monoisotopic (exact) mass is 368 g/mol. The lowest BCUT2D eigenvalue weighted by molar-refractivity contribution is -0.156. The number of phenolic OH excluding ortho intramolecular Hbond substituents is 1. The average molecular weight is 368 g/mol. The zero-order chi connectivity index (χ0) is 18.9. The Hall–Kier alpha value is -2.45. The quantitative estimate of drug-likeness (QED) is 0.773. The van der Waals surface area contributed by atoms with Crippen LogP contribution in [0.2, 0.25) is 0 Å². The standard InChI is InChI=1S/C18H19F3N2O3/c1-25-11-5-3-10(4-6-11)15-16(22-23-17(15)18(19,20)21)13-8-7-12(26-2)9-14(13)24/h3-9,15-17,22-24H,1-2H3. The van der Waals surface area contributed by atoms with Gasteiger partial charge in [-0.3, -0.25) is 0 Å². The van der Waals surface area contributed by atoms with E-state index < -0.39 is 24.2 Å². The molecule has 0 aliphatic carbocycles. The maximum absolute atomic E-state index is 13.5. The zero-order valence-electron chi connectivity index (χ0n) is 14.2. The number of rotatable bonds is 4. The Morgan fingerprint density at radius 2 is 1.54 bits per heavy atom. The fourth-order valence-corrected chi connectivity index (χ4v) is 3.23. The maximum atomic E-state index is 13.5. The number of hydrogen-bond acceptors (Lipinski definition) is 5. The van der Waals surface area contributed by atoms with Crippen molar-refractivity contribution in [3.63, 3.8) is 0 Å². The minimum Gasteiger partial charge on any atom is -0.507 e. The van der Waals surface area contributed by atoms with Gasteiger partial charge in [0.05, 0.1) is 20.3 Å². The highest BCUT2D eigenvalue weighted by atomic mass is 19.4. The Balaban J connectivity index is 2.03. The molecule has 0 bridgehead atoms. The van der Waals surface area contributed by atoms with Gasteiger partial charge in [0, 0.05) is 17.5 Å². The summed E-state index contributed by atoms with van der Waals surface area (Å²) in [5, 5.41) is 10.3. The van der Waals surface area contributed by atoms with Crippen LogP contribution in [-0.2, 0) is 0 Å². The van der Waals surface area contributed by atoms with Crippen molar-refractivity contribution in [1.82, 2.24) is 10.9 Å². The number of alkyl halides is 3. The van der Waals surface area contributed by atoms with Crippen molar-refractivity contribution in [1.29, 1.82) is 0 Å². The second kappa shape index (κ2) is 7.05. The summed E-state index contributed by atoms with van der Waals surface area (Å²) in [5.41, 5.74) is 5.84. The van der Waals surface area contributed by atoms with E-state index in [1.165, 1.54) is 20.3 Å². The Morgan fingerprint density at radius 3 is 2.08 bits per heavy atom. The van der Waals surface area contributed by atoms with Gasteiger partial charge in [-0.15, -0.1) is 0 Å². The van der Waals surface area contributed by atoms with E-state index in [1.54, 1.807) is 36.4 Å². The predicted molar refractivity (Wildman–Crippen MR) is 89.2 cm³/mol. The van der Waals surface area contributed by atoms with Crippen molar-refractivity contribution in [2.45, 2.75) is 24.2 Å². The van der Waals surface area contributed by atoms with Gasteiger partial charge in [-0.25, -0.2) is 10.9 Å². The normalized spacial score (nSPS) is 23.0. The maximum Gasteiger partial charge on any atom is 0.405 e. The lowest BCUT2D eigenvalue weighted by Gasteiger charge is -2.26. The van der Waals surface area contributed by atoms with Crippen LogP contribution in [0.3, 0.4) is 0 Å². The minimum atomic E-state index is -4.46. The van der Waals surface area contributed by atoms with Gasteiger partial charge >= 0.3 is 6.18 Å². The molecule has 5 nitrogen and oxygen atoms in total. The van der Waals surface area contributed by atoms with Crippen LogP contribution in [-0.4, -0.2) is 31.5 Å². The first-order valence-corrected chi connectivity index (χ1v) is 7.93. The Morgan fingerprint density at radius 1 is 0.923 bits per heavy atom. The Labute approximate surface area is 148 Å². The minimum absolute atomic E-state index is 0.134. The molecule has 1 fully saturated rings. The van der Waals surface area contributed by atoms with Crippen molar-refractivity contribution in [2.24, 2.45) is 0 Å². The molecule has 3 atom stereocenters. The summed E-state index contributed by atoms with van der Waals surface area (Å²) in [6, 6.07) is 8.39. The van der Waals surface area contributed by atoms with Gasteiger partial charge in [-0.1, -0.05) is 18.2 Å². The van der Waals surface area contributed by atoms with Gasteiger partial charge in [-0.2, -0.15) is 13.2 Å². The van der Waals surface area contributed by atoms with Crippen LogP contribution in [0, 0.1) is 0 Å². The summed E-state index contributed by atoms with van der Waals surface area (Å²) in [6.45, 7) is 0. The summed E-state index contributed by atoms with van der Waals surface area (Å²) >= 11 is 0. The summed E-state index contributed by atoms with van der Waals surface area (Å²) < 4.78 is 50.7. The number of aromatic hydroxyl groups is 1. The molecule has 26 heavy (non-hydrogen) atoms. The van der Waals surface area contributed by atoms with E-state index >= 15 is 0 Å². The molecular formula is C18H19F3N2O3. The summed E-state index contributed by atoms with van der Waals surface area (Å²) in [4.78, 5) is 0. The SMILES string of the molecule is COc1ccc(C2C(c3ccc(OC)cc3O)NNC2C(F)(F)F)cc1. The molecule has 1 heterocycles. The molecule has 1 aliphatic rings. The van der Waals surface area contributed by atoms with E-state index in [0.717, 1.165) is 0 Å². The molecule has 8 heteroatoms. The van der Waals surface area contributed by atoms with E-state index in [2.05, 4.69) is 10.9 Å². The summed E-state index contributed by atoms with van der Waals surface area (Å²) in [5.74, 6) is -0.129. The van der Waals surface area contributed by atoms with E-state index in [9.17, 15) is 18.3 Å². The first kappa shape index (κ1) is 18.3. The van der Waals surface area contributed by atoms with Crippen molar-refractivity contribution in [3.05, 3.63) is 53.6 Å². The van der Waals surface area contributed by atoms with Gasteiger partial charge in [0.1, 0.15) is 23.3 Å². The van der Waals surface area contributed by atoms with Crippen LogP contribution in [0.5, 0.6) is 17.2 Å². The highest BCUT2D eigenvalue weighted by Crippen LogP contribution is 2.45.